The van der Waals surface area contributed by atoms with Crippen molar-refractivity contribution in [3.8, 4) is 10.9 Å². The number of aromatic nitrogens is 2. The Bertz CT molecular complexity index is 1290. The van der Waals surface area contributed by atoms with Gasteiger partial charge in [-0.3, -0.25) is 19.5 Å². The van der Waals surface area contributed by atoms with E-state index in [9.17, 15) is 4.79 Å². The van der Waals surface area contributed by atoms with Crippen molar-refractivity contribution in [3.63, 3.8) is 0 Å². The summed E-state index contributed by atoms with van der Waals surface area (Å²) in [5.74, 6) is 1.86. The second kappa shape index (κ2) is 8.80. The molecule has 2 aliphatic heterocycles. The standard InChI is InChI=1S/C22H20N4O3S.CH2O2/c1-13(27)26-11-15-8-16(26)10-25(15)12-18-7-14-6-17(2-3-20(14)28-18)29-22-24-19-9-23-5-4-21(19)30-22;2-1-3/h2-7,9,15-16H,8,10-12H2,1H3;1H,(H,2,3)/t15-,16-;/m0./s1. The van der Waals surface area contributed by atoms with E-state index in [0.29, 0.717) is 17.3 Å². The molecular weight excluding hydrogens is 444 g/mol. The molecule has 2 aliphatic rings. The molecule has 0 aliphatic carbocycles. The molecule has 33 heavy (non-hydrogen) atoms. The van der Waals surface area contributed by atoms with Crippen LogP contribution in [0.5, 0.6) is 10.9 Å². The number of hydrogen-bond acceptors (Lipinski definition) is 8. The number of amides is 1. The minimum atomic E-state index is -0.250. The van der Waals surface area contributed by atoms with Gasteiger partial charge in [-0.15, -0.1) is 0 Å². The predicted octanol–water partition coefficient (Wildman–Crippen LogP) is 3.74. The van der Waals surface area contributed by atoms with Gasteiger partial charge in [0.1, 0.15) is 22.6 Å². The van der Waals surface area contributed by atoms with Crippen molar-refractivity contribution in [1.29, 1.82) is 0 Å². The summed E-state index contributed by atoms with van der Waals surface area (Å²) in [6.45, 7) is 3.93. The van der Waals surface area contributed by atoms with Crippen molar-refractivity contribution >= 4 is 44.9 Å². The van der Waals surface area contributed by atoms with E-state index in [4.69, 9.17) is 19.1 Å². The van der Waals surface area contributed by atoms with Gasteiger partial charge in [0.05, 0.1) is 17.4 Å². The zero-order valence-electron chi connectivity index (χ0n) is 17.9. The van der Waals surface area contributed by atoms with Crippen molar-refractivity contribution in [3.05, 3.63) is 48.5 Å². The smallest absolute Gasteiger partial charge is 0.290 e. The SMILES string of the molecule is CC(=O)N1C[C@@H]2C[C@H]1CN2Cc1cc2cc(Oc3nc4cnccc4s3)ccc2o1.O=CO. The van der Waals surface area contributed by atoms with Crippen LogP contribution in [-0.2, 0) is 16.1 Å². The molecule has 2 bridgehead atoms. The minimum absolute atomic E-state index is 0.183. The number of nitrogens with zero attached hydrogens (tertiary/aromatic N) is 4. The Hall–Kier alpha value is -3.50. The van der Waals surface area contributed by atoms with Gasteiger partial charge in [0.25, 0.3) is 11.7 Å². The molecule has 0 saturated carbocycles. The van der Waals surface area contributed by atoms with Gasteiger partial charge < -0.3 is 19.2 Å². The molecule has 0 spiro atoms. The van der Waals surface area contributed by atoms with E-state index in [1.807, 2.05) is 29.2 Å². The van der Waals surface area contributed by atoms with E-state index in [-0.39, 0.29) is 12.4 Å². The van der Waals surface area contributed by atoms with E-state index in [2.05, 4.69) is 20.9 Å². The third-order valence-corrected chi connectivity index (χ3v) is 6.95. The summed E-state index contributed by atoms with van der Waals surface area (Å²) in [7, 11) is 0. The van der Waals surface area contributed by atoms with E-state index >= 15 is 0 Å². The lowest BCUT2D eigenvalue weighted by Crippen LogP contribution is -2.47. The van der Waals surface area contributed by atoms with Crippen LogP contribution in [0.1, 0.15) is 19.1 Å². The first-order valence-corrected chi connectivity index (χ1v) is 11.4. The third kappa shape index (κ3) is 4.27. The Labute approximate surface area is 193 Å². The maximum atomic E-state index is 11.7. The van der Waals surface area contributed by atoms with Crippen LogP contribution in [0.15, 0.2) is 47.1 Å². The van der Waals surface area contributed by atoms with Crippen molar-refractivity contribution < 1.29 is 23.8 Å². The van der Waals surface area contributed by atoms with Crippen molar-refractivity contribution in [2.24, 2.45) is 0 Å². The molecule has 3 aromatic heterocycles. The molecule has 1 N–H and O–H groups in total. The summed E-state index contributed by atoms with van der Waals surface area (Å²) in [6.07, 6.45) is 4.56. The van der Waals surface area contributed by atoms with Crippen LogP contribution >= 0.6 is 11.3 Å². The van der Waals surface area contributed by atoms with Gasteiger partial charge in [-0.25, -0.2) is 4.98 Å². The number of piperazine rings is 1. The average molecular weight is 467 g/mol. The lowest BCUT2D eigenvalue weighted by molar-refractivity contribution is -0.131. The second-order valence-electron chi connectivity index (χ2n) is 8.09. The highest BCUT2D eigenvalue weighted by atomic mass is 32.1. The maximum Gasteiger partial charge on any atom is 0.290 e. The molecule has 2 fully saturated rings. The summed E-state index contributed by atoms with van der Waals surface area (Å²) >= 11 is 1.50. The molecule has 1 amide bonds. The maximum absolute atomic E-state index is 11.7. The number of ether oxygens (including phenoxy) is 1. The van der Waals surface area contributed by atoms with E-state index < -0.39 is 0 Å². The number of likely N-dealkylation sites (tertiary alicyclic amines) is 2. The number of hydrogen-bond donors (Lipinski definition) is 1. The second-order valence-corrected chi connectivity index (χ2v) is 9.08. The summed E-state index contributed by atoms with van der Waals surface area (Å²) < 4.78 is 13.1. The van der Waals surface area contributed by atoms with Gasteiger partial charge in [-0.05, 0) is 36.8 Å². The van der Waals surface area contributed by atoms with Crippen molar-refractivity contribution in [2.75, 3.05) is 13.1 Å². The Morgan fingerprint density at radius 3 is 2.88 bits per heavy atom. The molecule has 170 valence electrons. The monoisotopic (exact) mass is 466 g/mol. The van der Waals surface area contributed by atoms with Gasteiger partial charge in [0, 0.05) is 43.7 Å². The normalized spacial score (nSPS) is 19.6. The molecule has 0 unspecified atom stereocenters. The topological polar surface area (TPSA) is 109 Å². The average Bonchev–Trinajstić information content (AvgIpc) is 3.55. The van der Waals surface area contributed by atoms with Gasteiger partial charge in [-0.1, -0.05) is 11.3 Å². The number of carbonyl (C=O) groups is 2. The Morgan fingerprint density at radius 2 is 2.15 bits per heavy atom. The highest BCUT2D eigenvalue weighted by Crippen LogP contribution is 2.35. The Morgan fingerprint density at radius 1 is 1.30 bits per heavy atom. The van der Waals surface area contributed by atoms with Crippen molar-refractivity contribution in [1.82, 2.24) is 19.8 Å². The molecule has 10 heteroatoms. The first-order valence-electron chi connectivity index (χ1n) is 10.5. The first-order chi connectivity index (χ1) is 16.0. The lowest BCUT2D eigenvalue weighted by Gasteiger charge is -2.33. The van der Waals surface area contributed by atoms with Crippen LogP contribution < -0.4 is 4.74 Å². The van der Waals surface area contributed by atoms with E-state index in [1.54, 1.807) is 19.3 Å². The fraction of sp³-hybridized carbons (Fsp3) is 0.304. The quantitative estimate of drug-likeness (QED) is 0.453. The molecule has 2 saturated heterocycles. The molecule has 5 heterocycles. The van der Waals surface area contributed by atoms with Gasteiger partial charge in [-0.2, -0.15) is 0 Å². The molecule has 2 atom stereocenters. The Kier molecular flexibility index (Phi) is 5.69. The number of rotatable bonds is 4. The van der Waals surface area contributed by atoms with Gasteiger partial charge in [0.2, 0.25) is 5.91 Å². The molecule has 1 aromatic carbocycles. The van der Waals surface area contributed by atoms with Crippen LogP contribution in [0.4, 0.5) is 0 Å². The summed E-state index contributed by atoms with van der Waals surface area (Å²) in [6, 6.07) is 10.6. The molecule has 0 radical (unpaired) electrons. The van der Waals surface area contributed by atoms with Crippen LogP contribution in [-0.4, -0.2) is 62.4 Å². The predicted molar refractivity (Wildman–Crippen MR) is 122 cm³/mol. The zero-order valence-corrected chi connectivity index (χ0v) is 18.7. The first kappa shape index (κ1) is 21.4. The number of carboxylic acid groups (broad SMARTS) is 1. The minimum Gasteiger partial charge on any atom is -0.483 e. The lowest BCUT2D eigenvalue weighted by atomic mass is 10.2. The number of fused-ring (bicyclic) bond motifs is 4. The summed E-state index contributed by atoms with van der Waals surface area (Å²) in [5, 5.41) is 8.50. The van der Waals surface area contributed by atoms with Crippen molar-refractivity contribution in [2.45, 2.75) is 32.0 Å². The highest BCUT2D eigenvalue weighted by Gasteiger charge is 2.44. The van der Waals surface area contributed by atoms with E-state index in [0.717, 1.165) is 58.8 Å². The Balaban J connectivity index is 0.000000724. The number of carbonyl (C=O) groups excluding carboxylic acids is 1. The zero-order chi connectivity index (χ0) is 22.9. The fourth-order valence-corrected chi connectivity index (χ4v) is 5.45. The van der Waals surface area contributed by atoms with Crippen LogP contribution in [0, 0.1) is 0 Å². The van der Waals surface area contributed by atoms with Crippen LogP contribution in [0.3, 0.4) is 0 Å². The summed E-state index contributed by atoms with van der Waals surface area (Å²) in [5.41, 5.74) is 1.69. The van der Waals surface area contributed by atoms with E-state index in [1.165, 1.54) is 11.3 Å². The van der Waals surface area contributed by atoms with Crippen LogP contribution in [0.25, 0.3) is 21.2 Å². The number of pyridine rings is 1. The third-order valence-electron chi connectivity index (χ3n) is 6.03. The largest absolute Gasteiger partial charge is 0.483 e. The molecule has 4 aromatic rings. The van der Waals surface area contributed by atoms with Gasteiger partial charge >= 0.3 is 0 Å². The highest BCUT2D eigenvalue weighted by molar-refractivity contribution is 7.20. The summed E-state index contributed by atoms with van der Waals surface area (Å²) in [4.78, 5) is 33.1. The van der Waals surface area contributed by atoms with Crippen LogP contribution in [0.2, 0.25) is 0 Å². The molecule has 9 nitrogen and oxygen atoms in total. The number of thiazole rings is 1. The number of benzene rings is 1. The van der Waals surface area contributed by atoms with Gasteiger partial charge in [0.15, 0.2) is 0 Å². The number of furan rings is 1. The molecular formula is C23H22N4O5S. The molecule has 6 rings (SSSR count). The fourth-order valence-electron chi connectivity index (χ4n) is 4.65.